The average molecular weight is 284 g/mol. The van der Waals surface area contributed by atoms with Crippen molar-refractivity contribution in [3.8, 4) is 0 Å². The fraction of sp³-hybridized carbons (Fsp3) is 0.938. The molecule has 0 amide bonds. The van der Waals surface area contributed by atoms with Gasteiger partial charge in [-0.1, -0.05) is 38.5 Å². The predicted octanol–water partition coefficient (Wildman–Crippen LogP) is 3.53. The fourth-order valence-corrected chi connectivity index (χ4v) is 2.99. The van der Waals surface area contributed by atoms with Crippen molar-refractivity contribution >= 4 is 5.97 Å². The lowest BCUT2D eigenvalue weighted by molar-refractivity contribution is -0.143. The van der Waals surface area contributed by atoms with Crippen molar-refractivity contribution in [3.05, 3.63) is 0 Å². The van der Waals surface area contributed by atoms with Crippen LogP contribution in [0.1, 0.15) is 70.6 Å². The van der Waals surface area contributed by atoms with Crippen molar-refractivity contribution in [3.63, 3.8) is 0 Å². The summed E-state index contributed by atoms with van der Waals surface area (Å²) in [7, 11) is 0. The van der Waals surface area contributed by atoms with E-state index in [2.05, 4.69) is 0 Å². The summed E-state index contributed by atoms with van der Waals surface area (Å²) in [5.74, 6) is -0.810. The van der Waals surface area contributed by atoms with Gasteiger partial charge in [0.2, 0.25) is 0 Å². The van der Waals surface area contributed by atoms with Gasteiger partial charge in [-0.3, -0.25) is 0 Å². The van der Waals surface area contributed by atoms with E-state index < -0.39 is 11.6 Å². The minimum Gasteiger partial charge on any atom is -0.479 e. The molecule has 0 bridgehead atoms. The van der Waals surface area contributed by atoms with Crippen molar-refractivity contribution in [2.24, 2.45) is 0 Å². The Bertz CT molecular complexity index is 289. The molecule has 0 aromatic heterocycles. The lowest BCUT2D eigenvalue weighted by Gasteiger charge is -2.17. The predicted molar refractivity (Wildman–Crippen MR) is 76.8 cm³/mol. The molecule has 1 saturated heterocycles. The topological polar surface area (TPSA) is 59.1 Å². The zero-order chi connectivity index (χ0) is 14.3. The van der Waals surface area contributed by atoms with Crippen LogP contribution in [0.4, 0.5) is 0 Å². The monoisotopic (exact) mass is 284 g/mol. The van der Waals surface area contributed by atoms with Crippen LogP contribution < -0.4 is 0 Å². The van der Waals surface area contributed by atoms with Gasteiger partial charge in [0.05, 0.1) is 12.7 Å². The maximum Gasteiger partial charge on any atom is 0.338 e. The van der Waals surface area contributed by atoms with E-state index in [0.29, 0.717) is 19.1 Å². The second-order valence-corrected chi connectivity index (χ2v) is 6.24. The summed E-state index contributed by atoms with van der Waals surface area (Å²) in [6, 6.07) is 0. The first-order chi connectivity index (χ1) is 9.73. The SMILES string of the molecule is O=C(O)C1(CCCCOC2CCCCCCCC2)CO1. The van der Waals surface area contributed by atoms with Gasteiger partial charge in [0.1, 0.15) is 0 Å². The van der Waals surface area contributed by atoms with Gasteiger partial charge in [-0.2, -0.15) is 0 Å². The van der Waals surface area contributed by atoms with Gasteiger partial charge in [0.25, 0.3) is 0 Å². The van der Waals surface area contributed by atoms with Crippen molar-refractivity contribution < 1.29 is 19.4 Å². The minimum atomic E-state index is -0.849. The van der Waals surface area contributed by atoms with Crippen LogP contribution in [0.25, 0.3) is 0 Å². The normalized spacial score (nSPS) is 28.4. The molecule has 0 aromatic rings. The summed E-state index contributed by atoms with van der Waals surface area (Å²) in [4.78, 5) is 10.9. The van der Waals surface area contributed by atoms with Crippen molar-refractivity contribution in [1.29, 1.82) is 0 Å². The summed E-state index contributed by atoms with van der Waals surface area (Å²) in [5, 5.41) is 8.99. The zero-order valence-electron chi connectivity index (χ0n) is 12.4. The summed E-state index contributed by atoms with van der Waals surface area (Å²) in [5.41, 5.74) is -0.849. The third-order valence-electron chi connectivity index (χ3n) is 4.51. The van der Waals surface area contributed by atoms with Crippen LogP contribution in [-0.2, 0) is 14.3 Å². The van der Waals surface area contributed by atoms with Crippen molar-refractivity contribution in [2.45, 2.75) is 82.3 Å². The molecule has 0 aromatic carbocycles. The molecule has 4 nitrogen and oxygen atoms in total. The first-order valence-electron chi connectivity index (χ1n) is 8.22. The lowest BCUT2D eigenvalue weighted by atomic mass is 10.0. The third kappa shape index (κ3) is 5.06. The quantitative estimate of drug-likeness (QED) is 0.574. The number of carboxylic acid groups (broad SMARTS) is 1. The number of hydrogen-bond acceptors (Lipinski definition) is 3. The van der Waals surface area contributed by atoms with Crippen LogP contribution in [0.5, 0.6) is 0 Å². The number of aliphatic carboxylic acids is 1. The Morgan fingerprint density at radius 1 is 1.10 bits per heavy atom. The molecule has 1 aliphatic heterocycles. The number of hydrogen-bond donors (Lipinski definition) is 1. The molecule has 1 N–H and O–H groups in total. The van der Waals surface area contributed by atoms with Crippen LogP contribution in [0, 0.1) is 0 Å². The molecule has 1 heterocycles. The smallest absolute Gasteiger partial charge is 0.338 e. The molecule has 1 atom stereocenters. The molecule has 2 aliphatic rings. The third-order valence-corrected chi connectivity index (χ3v) is 4.51. The van der Waals surface area contributed by atoms with Crippen molar-refractivity contribution in [2.75, 3.05) is 13.2 Å². The molecule has 116 valence electrons. The molecule has 1 saturated carbocycles. The second kappa shape index (κ2) is 7.99. The van der Waals surface area contributed by atoms with Gasteiger partial charge in [0.15, 0.2) is 5.60 Å². The van der Waals surface area contributed by atoms with Gasteiger partial charge >= 0.3 is 5.97 Å². The fourth-order valence-electron chi connectivity index (χ4n) is 2.99. The largest absolute Gasteiger partial charge is 0.479 e. The van der Waals surface area contributed by atoms with E-state index >= 15 is 0 Å². The van der Waals surface area contributed by atoms with E-state index in [9.17, 15) is 4.79 Å². The number of epoxide rings is 1. The van der Waals surface area contributed by atoms with Gasteiger partial charge in [-0.15, -0.1) is 0 Å². The Labute approximate surface area is 121 Å². The number of ether oxygens (including phenoxy) is 2. The second-order valence-electron chi connectivity index (χ2n) is 6.24. The van der Waals surface area contributed by atoms with Crippen LogP contribution in [0.15, 0.2) is 0 Å². The Kier molecular flexibility index (Phi) is 6.30. The van der Waals surface area contributed by atoms with E-state index in [1.807, 2.05) is 0 Å². The average Bonchev–Trinajstić information content (AvgIpc) is 3.18. The molecule has 1 aliphatic carbocycles. The van der Waals surface area contributed by atoms with Crippen LogP contribution in [-0.4, -0.2) is 36.0 Å². The number of carbonyl (C=O) groups is 1. The van der Waals surface area contributed by atoms with Crippen LogP contribution >= 0.6 is 0 Å². The summed E-state index contributed by atoms with van der Waals surface area (Å²) in [6.07, 6.45) is 13.3. The highest BCUT2D eigenvalue weighted by Crippen LogP contribution is 2.32. The van der Waals surface area contributed by atoms with Crippen LogP contribution in [0.2, 0.25) is 0 Å². The van der Waals surface area contributed by atoms with E-state index in [0.717, 1.165) is 19.4 Å². The minimum absolute atomic E-state index is 0.381. The van der Waals surface area contributed by atoms with E-state index in [1.165, 1.54) is 51.4 Å². The van der Waals surface area contributed by atoms with Gasteiger partial charge in [0, 0.05) is 6.61 Å². The lowest BCUT2D eigenvalue weighted by Crippen LogP contribution is -2.24. The van der Waals surface area contributed by atoms with Gasteiger partial charge in [-0.25, -0.2) is 4.79 Å². The van der Waals surface area contributed by atoms with Crippen LogP contribution in [0.3, 0.4) is 0 Å². The zero-order valence-corrected chi connectivity index (χ0v) is 12.4. The molecule has 2 fully saturated rings. The van der Waals surface area contributed by atoms with Gasteiger partial charge in [-0.05, 0) is 32.1 Å². The van der Waals surface area contributed by atoms with Crippen molar-refractivity contribution in [1.82, 2.24) is 0 Å². The molecule has 2 rings (SSSR count). The van der Waals surface area contributed by atoms with E-state index in [-0.39, 0.29) is 0 Å². The molecule has 20 heavy (non-hydrogen) atoms. The number of carboxylic acids is 1. The molecule has 4 heteroatoms. The van der Waals surface area contributed by atoms with E-state index in [1.54, 1.807) is 0 Å². The molecule has 1 unspecified atom stereocenters. The number of rotatable bonds is 7. The van der Waals surface area contributed by atoms with E-state index in [4.69, 9.17) is 14.6 Å². The standard InChI is InChI=1S/C16H28O4/c17-15(18)16(13-20-16)11-7-8-12-19-14-9-5-3-1-2-4-6-10-14/h14H,1-13H2,(H,17,18). The Hall–Kier alpha value is -0.610. The summed E-state index contributed by atoms with van der Waals surface area (Å²) in [6.45, 7) is 1.15. The summed E-state index contributed by atoms with van der Waals surface area (Å²) >= 11 is 0. The molecular formula is C16H28O4. The Morgan fingerprint density at radius 2 is 1.70 bits per heavy atom. The number of unbranched alkanes of at least 4 members (excludes halogenated alkanes) is 1. The molecule has 0 radical (unpaired) electrons. The highest BCUT2D eigenvalue weighted by Gasteiger charge is 2.51. The Morgan fingerprint density at radius 3 is 2.25 bits per heavy atom. The Balaban J connectivity index is 1.54. The molecule has 0 spiro atoms. The maximum absolute atomic E-state index is 10.9. The molecular weight excluding hydrogens is 256 g/mol. The highest BCUT2D eigenvalue weighted by molar-refractivity contribution is 5.80. The summed E-state index contributed by atoms with van der Waals surface area (Å²) < 4.78 is 11.0. The van der Waals surface area contributed by atoms with Gasteiger partial charge < -0.3 is 14.6 Å². The highest BCUT2D eigenvalue weighted by atomic mass is 16.6. The maximum atomic E-state index is 10.9. The first kappa shape index (κ1) is 15.8. The first-order valence-corrected chi connectivity index (χ1v) is 8.22.